The van der Waals surface area contributed by atoms with Crippen molar-refractivity contribution in [2.75, 3.05) is 0 Å². The van der Waals surface area contributed by atoms with Gasteiger partial charge in [0.25, 0.3) is 0 Å². The van der Waals surface area contributed by atoms with Crippen molar-refractivity contribution in [1.29, 1.82) is 0 Å². The van der Waals surface area contributed by atoms with Gasteiger partial charge in [0.1, 0.15) is 12.3 Å². The van der Waals surface area contributed by atoms with E-state index < -0.39 is 0 Å². The molecule has 0 radical (unpaired) electrons. The third-order valence-electron chi connectivity index (χ3n) is 3.02. The molecule has 4 heteroatoms. The number of carbonyl (C=O) groups excluding carboxylic acids is 1. The Morgan fingerprint density at radius 1 is 1.10 bits per heavy atom. The van der Waals surface area contributed by atoms with E-state index in [9.17, 15) is 4.79 Å². The number of hydrogen-bond acceptors (Lipinski definition) is 2. The molecule has 3 aromatic rings. The van der Waals surface area contributed by atoms with Gasteiger partial charge in [-0.25, -0.2) is 4.79 Å². The van der Waals surface area contributed by atoms with E-state index in [1.807, 2.05) is 48.5 Å². The summed E-state index contributed by atoms with van der Waals surface area (Å²) in [5.74, 6) is -0.346. The summed E-state index contributed by atoms with van der Waals surface area (Å²) >= 11 is 3.41. The normalized spacial score (nSPS) is 10.7. The number of nitrogens with one attached hydrogen (secondary N) is 1. The van der Waals surface area contributed by atoms with E-state index in [-0.39, 0.29) is 12.6 Å². The summed E-state index contributed by atoms with van der Waals surface area (Å²) in [5, 5.41) is 0.978. The number of rotatable bonds is 3. The highest BCUT2D eigenvalue weighted by atomic mass is 79.9. The van der Waals surface area contributed by atoms with E-state index in [1.54, 1.807) is 6.07 Å². The van der Waals surface area contributed by atoms with E-state index in [2.05, 4.69) is 20.9 Å². The molecule has 0 fully saturated rings. The Bertz CT molecular complexity index is 750. The number of fused-ring (bicyclic) bond motifs is 1. The number of aromatic nitrogens is 1. The number of ether oxygens (including phenoxy) is 1. The summed E-state index contributed by atoms with van der Waals surface area (Å²) in [5.41, 5.74) is 2.36. The highest BCUT2D eigenvalue weighted by Gasteiger charge is 2.11. The van der Waals surface area contributed by atoms with Crippen LogP contribution >= 0.6 is 15.9 Å². The molecule has 0 aliphatic carbocycles. The third kappa shape index (κ3) is 2.75. The SMILES string of the molecule is O=C(OCc1ccccc1)c1cc2cc(Br)ccc2[nH]1. The van der Waals surface area contributed by atoms with Gasteiger partial charge in [-0.1, -0.05) is 46.3 Å². The summed E-state index contributed by atoms with van der Waals surface area (Å²) in [7, 11) is 0. The van der Waals surface area contributed by atoms with Gasteiger partial charge >= 0.3 is 5.97 Å². The Balaban J connectivity index is 1.75. The van der Waals surface area contributed by atoms with Gasteiger partial charge in [-0.05, 0) is 29.8 Å². The van der Waals surface area contributed by atoms with E-state index in [4.69, 9.17) is 4.74 Å². The van der Waals surface area contributed by atoms with Crippen LogP contribution in [0.25, 0.3) is 10.9 Å². The van der Waals surface area contributed by atoms with Crippen molar-refractivity contribution in [1.82, 2.24) is 4.98 Å². The first kappa shape index (κ1) is 12.9. The lowest BCUT2D eigenvalue weighted by Crippen LogP contribution is -2.05. The molecule has 1 aromatic heterocycles. The molecule has 0 bridgehead atoms. The zero-order valence-corrected chi connectivity index (χ0v) is 12.2. The van der Waals surface area contributed by atoms with Gasteiger partial charge in [-0.15, -0.1) is 0 Å². The molecule has 20 heavy (non-hydrogen) atoms. The largest absolute Gasteiger partial charge is 0.456 e. The Morgan fingerprint density at radius 3 is 2.70 bits per heavy atom. The van der Waals surface area contributed by atoms with Gasteiger partial charge < -0.3 is 9.72 Å². The van der Waals surface area contributed by atoms with Crippen molar-refractivity contribution in [3.63, 3.8) is 0 Å². The molecule has 0 aliphatic rings. The van der Waals surface area contributed by atoms with Gasteiger partial charge in [0, 0.05) is 15.4 Å². The quantitative estimate of drug-likeness (QED) is 0.728. The molecule has 0 saturated carbocycles. The Hall–Kier alpha value is -2.07. The molecule has 0 aliphatic heterocycles. The van der Waals surface area contributed by atoms with Crippen molar-refractivity contribution in [3.8, 4) is 0 Å². The zero-order chi connectivity index (χ0) is 13.9. The first-order chi connectivity index (χ1) is 9.72. The molecular weight excluding hydrogens is 318 g/mol. The summed E-state index contributed by atoms with van der Waals surface area (Å²) in [6, 6.07) is 17.2. The standard InChI is InChI=1S/C16H12BrNO2/c17-13-6-7-14-12(8-13)9-15(18-14)16(19)20-10-11-4-2-1-3-5-11/h1-9,18H,10H2. The van der Waals surface area contributed by atoms with Crippen LogP contribution in [0.4, 0.5) is 0 Å². The topological polar surface area (TPSA) is 42.1 Å². The maximum absolute atomic E-state index is 12.0. The van der Waals surface area contributed by atoms with Crippen molar-refractivity contribution < 1.29 is 9.53 Å². The number of hydrogen-bond donors (Lipinski definition) is 1. The molecule has 0 unspecified atom stereocenters. The summed E-state index contributed by atoms with van der Waals surface area (Å²) in [4.78, 5) is 15.1. The molecule has 0 saturated heterocycles. The predicted molar refractivity (Wildman–Crippen MR) is 81.6 cm³/mol. The predicted octanol–water partition coefficient (Wildman–Crippen LogP) is 4.29. The fourth-order valence-electron chi connectivity index (χ4n) is 2.01. The van der Waals surface area contributed by atoms with Crippen LogP contribution in [0, 0.1) is 0 Å². The van der Waals surface area contributed by atoms with Crippen LogP contribution in [-0.2, 0) is 11.3 Å². The van der Waals surface area contributed by atoms with Gasteiger partial charge in [-0.3, -0.25) is 0 Å². The minimum atomic E-state index is -0.346. The number of benzene rings is 2. The summed E-state index contributed by atoms with van der Waals surface area (Å²) < 4.78 is 6.27. The van der Waals surface area contributed by atoms with Crippen molar-refractivity contribution in [2.45, 2.75) is 6.61 Å². The fourth-order valence-corrected chi connectivity index (χ4v) is 2.39. The van der Waals surface area contributed by atoms with E-state index in [1.165, 1.54) is 0 Å². The van der Waals surface area contributed by atoms with Crippen LogP contribution < -0.4 is 0 Å². The molecule has 1 heterocycles. The molecule has 0 atom stereocenters. The average Bonchev–Trinajstić information content (AvgIpc) is 2.89. The Morgan fingerprint density at radius 2 is 1.90 bits per heavy atom. The number of esters is 1. The van der Waals surface area contributed by atoms with Crippen LogP contribution in [0.15, 0.2) is 59.1 Å². The van der Waals surface area contributed by atoms with Crippen molar-refractivity contribution >= 4 is 32.8 Å². The number of H-pyrrole nitrogens is 1. The molecule has 3 nitrogen and oxygen atoms in total. The number of aromatic amines is 1. The van der Waals surface area contributed by atoms with Crippen molar-refractivity contribution in [3.05, 3.63) is 70.3 Å². The van der Waals surface area contributed by atoms with Gasteiger partial charge in [-0.2, -0.15) is 0 Å². The van der Waals surface area contributed by atoms with Crippen molar-refractivity contribution in [2.24, 2.45) is 0 Å². The fraction of sp³-hybridized carbons (Fsp3) is 0.0625. The molecule has 100 valence electrons. The molecular formula is C16H12BrNO2. The molecule has 1 N–H and O–H groups in total. The number of halogens is 1. The smallest absolute Gasteiger partial charge is 0.355 e. The highest BCUT2D eigenvalue weighted by molar-refractivity contribution is 9.10. The monoisotopic (exact) mass is 329 g/mol. The first-order valence-electron chi connectivity index (χ1n) is 6.22. The maximum atomic E-state index is 12.0. The minimum Gasteiger partial charge on any atom is -0.456 e. The lowest BCUT2D eigenvalue weighted by atomic mass is 10.2. The number of carbonyl (C=O) groups is 1. The van der Waals surface area contributed by atoms with Crippen LogP contribution in [0.2, 0.25) is 0 Å². The second kappa shape index (κ2) is 5.51. The Kier molecular flexibility index (Phi) is 3.56. The second-order valence-electron chi connectivity index (χ2n) is 4.48. The molecule has 0 spiro atoms. The van der Waals surface area contributed by atoms with E-state index in [0.717, 1.165) is 20.9 Å². The van der Waals surface area contributed by atoms with Gasteiger partial charge in [0.15, 0.2) is 0 Å². The zero-order valence-electron chi connectivity index (χ0n) is 10.6. The van der Waals surface area contributed by atoms with Gasteiger partial charge in [0.05, 0.1) is 0 Å². The highest BCUT2D eigenvalue weighted by Crippen LogP contribution is 2.21. The van der Waals surface area contributed by atoms with Crippen LogP contribution in [0.1, 0.15) is 16.1 Å². The summed E-state index contributed by atoms with van der Waals surface area (Å²) in [6.45, 7) is 0.277. The van der Waals surface area contributed by atoms with Crippen LogP contribution in [0.5, 0.6) is 0 Å². The first-order valence-corrected chi connectivity index (χ1v) is 7.01. The van der Waals surface area contributed by atoms with Crippen LogP contribution in [-0.4, -0.2) is 11.0 Å². The van der Waals surface area contributed by atoms with Gasteiger partial charge in [0.2, 0.25) is 0 Å². The van der Waals surface area contributed by atoms with E-state index >= 15 is 0 Å². The second-order valence-corrected chi connectivity index (χ2v) is 5.39. The van der Waals surface area contributed by atoms with Crippen LogP contribution in [0.3, 0.4) is 0 Å². The van der Waals surface area contributed by atoms with E-state index in [0.29, 0.717) is 5.69 Å². The molecule has 2 aromatic carbocycles. The third-order valence-corrected chi connectivity index (χ3v) is 3.51. The maximum Gasteiger partial charge on any atom is 0.355 e. The molecule has 3 rings (SSSR count). The minimum absolute atomic E-state index is 0.277. The Labute approximate surface area is 124 Å². The molecule has 0 amide bonds. The lowest BCUT2D eigenvalue weighted by molar-refractivity contribution is 0.0467. The lowest BCUT2D eigenvalue weighted by Gasteiger charge is -2.02. The average molecular weight is 330 g/mol. The summed E-state index contributed by atoms with van der Waals surface area (Å²) in [6.07, 6.45) is 0.